The summed E-state index contributed by atoms with van der Waals surface area (Å²) in [4.78, 5) is 25.8. The average molecular weight is 287 g/mol. The van der Waals surface area contributed by atoms with Crippen molar-refractivity contribution in [2.45, 2.75) is 45.1 Å². The molecule has 0 saturated heterocycles. The summed E-state index contributed by atoms with van der Waals surface area (Å²) < 4.78 is 0. The van der Waals surface area contributed by atoms with Gasteiger partial charge in [-0.3, -0.25) is 9.59 Å². The molecule has 1 N–H and O–H groups in total. The van der Waals surface area contributed by atoms with Crippen molar-refractivity contribution in [2.75, 3.05) is 6.54 Å². The third kappa shape index (κ3) is 2.67. The Hall–Kier alpha value is -1.84. The lowest BCUT2D eigenvalue weighted by Gasteiger charge is -2.38. The second kappa shape index (κ2) is 5.51. The predicted octanol–water partition coefficient (Wildman–Crippen LogP) is 2.61. The van der Waals surface area contributed by atoms with Gasteiger partial charge in [-0.25, -0.2) is 0 Å². The van der Waals surface area contributed by atoms with Gasteiger partial charge in [0, 0.05) is 19.5 Å². The van der Waals surface area contributed by atoms with Crippen LogP contribution in [0.2, 0.25) is 0 Å². The number of rotatable bonds is 3. The van der Waals surface area contributed by atoms with E-state index in [1.54, 1.807) is 0 Å². The average Bonchev–Trinajstić information content (AvgIpc) is 2.64. The molecule has 0 aromatic heterocycles. The Kier molecular flexibility index (Phi) is 3.70. The highest BCUT2D eigenvalue weighted by Crippen LogP contribution is 2.44. The van der Waals surface area contributed by atoms with E-state index in [2.05, 4.69) is 12.1 Å². The number of fused-ring (bicyclic) bond motifs is 1. The van der Waals surface area contributed by atoms with Crippen LogP contribution in [0.3, 0.4) is 0 Å². The minimum absolute atomic E-state index is 0.00574. The number of carbonyl (C=O) groups excluding carboxylic acids is 1. The van der Waals surface area contributed by atoms with E-state index in [0.29, 0.717) is 19.4 Å². The Bertz CT molecular complexity index is 563. The fourth-order valence-electron chi connectivity index (χ4n) is 3.38. The van der Waals surface area contributed by atoms with Gasteiger partial charge in [-0.1, -0.05) is 30.7 Å². The smallest absolute Gasteiger partial charge is 0.310 e. The molecule has 1 aliphatic heterocycles. The Labute approximate surface area is 124 Å². The van der Waals surface area contributed by atoms with Crippen molar-refractivity contribution < 1.29 is 14.7 Å². The van der Waals surface area contributed by atoms with Gasteiger partial charge < -0.3 is 10.0 Å². The molecule has 3 rings (SSSR count). The molecule has 112 valence electrons. The molecular weight excluding hydrogens is 266 g/mol. The highest BCUT2D eigenvalue weighted by atomic mass is 16.4. The molecule has 0 unspecified atom stereocenters. The van der Waals surface area contributed by atoms with Gasteiger partial charge in [0.1, 0.15) is 0 Å². The van der Waals surface area contributed by atoms with E-state index >= 15 is 0 Å². The molecule has 21 heavy (non-hydrogen) atoms. The minimum atomic E-state index is -0.808. The summed E-state index contributed by atoms with van der Waals surface area (Å²) in [5.74, 6) is -0.814. The highest BCUT2D eigenvalue weighted by Gasteiger charge is 2.46. The van der Waals surface area contributed by atoms with Gasteiger partial charge in [-0.2, -0.15) is 0 Å². The van der Waals surface area contributed by atoms with Crippen LogP contribution >= 0.6 is 0 Å². The molecular formula is C17H21NO3. The Morgan fingerprint density at radius 1 is 1.14 bits per heavy atom. The molecule has 0 bridgehead atoms. The molecule has 0 radical (unpaired) electrons. The first kappa shape index (κ1) is 14.1. The van der Waals surface area contributed by atoms with Gasteiger partial charge in [0.2, 0.25) is 5.91 Å². The number of carbonyl (C=O) groups is 2. The van der Waals surface area contributed by atoms with Crippen LogP contribution in [0.25, 0.3) is 0 Å². The van der Waals surface area contributed by atoms with Gasteiger partial charge in [0.05, 0.1) is 5.41 Å². The molecule has 1 aromatic carbocycles. The van der Waals surface area contributed by atoms with Crippen LogP contribution in [0.15, 0.2) is 24.3 Å². The normalized spacial score (nSPS) is 20.1. The summed E-state index contributed by atoms with van der Waals surface area (Å²) >= 11 is 0. The molecule has 1 aliphatic carbocycles. The fraction of sp³-hybridized carbons (Fsp3) is 0.529. The van der Waals surface area contributed by atoms with Crippen molar-refractivity contribution in [1.29, 1.82) is 0 Å². The lowest BCUT2D eigenvalue weighted by molar-refractivity contribution is -0.159. The molecule has 0 spiro atoms. The van der Waals surface area contributed by atoms with E-state index in [1.165, 1.54) is 11.1 Å². The fourth-order valence-corrected chi connectivity index (χ4v) is 3.38. The lowest BCUT2D eigenvalue weighted by Crippen LogP contribution is -2.43. The number of hydrogen-bond donors (Lipinski definition) is 1. The molecule has 1 saturated carbocycles. The minimum Gasteiger partial charge on any atom is -0.481 e. The first-order valence-corrected chi connectivity index (χ1v) is 7.69. The van der Waals surface area contributed by atoms with Crippen LogP contribution in [0, 0.1) is 5.41 Å². The van der Waals surface area contributed by atoms with Crippen molar-refractivity contribution >= 4 is 11.9 Å². The largest absolute Gasteiger partial charge is 0.481 e. The Balaban J connectivity index is 1.72. The molecule has 1 amide bonds. The topological polar surface area (TPSA) is 57.6 Å². The second-order valence-corrected chi connectivity index (χ2v) is 6.30. The second-order valence-electron chi connectivity index (χ2n) is 6.30. The molecule has 0 atom stereocenters. The van der Waals surface area contributed by atoms with Crippen LogP contribution in [0.1, 0.15) is 43.2 Å². The van der Waals surface area contributed by atoms with E-state index in [0.717, 1.165) is 25.8 Å². The summed E-state index contributed by atoms with van der Waals surface area (Å²) in [5.41, 5.74) is 1.72. The number of nitrogens with zero attached hydrogens (tertiary/aromatic N) is 1. The first-order chi connectivity index (χ1) is 10.1. The number of aliphatic carboxylic acids is 1. The van der Waals surface area contributed by atoms with Crippen LogP contribution in [-0.2, 0) is 22.6 Å². The van der Waals surface area contributed by atoms with Gasteiger partial charge in [-0.15, -0.1) is 0 Å². The monoisotopic (exact) mass is 287 g/mol. The number of aryl methyl sites for hydroxylation is 1. The van der Waals surface area contributed by atoms with E-state index < -0.39 is 11.4 Å². The third-order valence-corrected chi connectivity index (χ3v) is 4.96. The number of hydrogen-bond acceptors (Lipinski definition) is 2. The molecule has 1 heterocycles. The van der Waals surface area contributed by atoms with Gasteiger partial charge in [0.15, 0.2) is 0 Å². The molecule has 2 aliphatic rings. The maximum atomic E-state index is 12.5. The zero-order chi connectivity index (χ0) is 14.9. The standard InChI is InChI=1S/C17H21NO3/c19-15(11-17(16(20)21)8-4-9-17)18-10-3-7-13-5-1-2-6-14(13)12-18/h1-2,5-6H,3-4,7-12H2,(H,20,21). The van der Waals surface area contributed by atoms with Gasteiger partial charge in [-0.05, 0) is 36.8 Å². The summed E-state index contributed by atoms with van der Waals surface area (Å²) in [5, 5.41) is 9.37. The van der Waals surface area contributed by atoms with E-state index in [4.69, 9.17) is 0 Å². The summed E-state index contributed by atoms with van der Waals surface area (Å²) in [6, 6.07) is 8.22. The summed E-state index contributed by atoms with van der Waals surface area (Å²) in [7, 11) is 0. The maximum Gasteiger partial charge on any atom is 0.310 e. The third-order valence-electron chi connectivity index (χ3n) is 4.96. The van der Waals surface area contributed by atoms with E-state index in [-0.39, 0.29) is 12.3 Å². The zero-order valence-corrected chi connectivity index (χ0v) is 12.2. The lowest BCUT2D eigenvalue weighted by atomic mass is 9.66. The van der Waals surface area contributed by atoms with Crippen molar-refractivity contribution in [2.24, 2.45) is 5.41 Å². The SMILES string of the molecule is O=C(CC1(C(=O)O)CCC1)N1CCCc2ccccc2C1. The van der Waals surface area contributed by atoms with Crippen LogP contribution in [0.4, 0.5) is 0 Å². The predicted molar refractivity (Wildman–Crippen MR) is 78.7 cm³/mol. The van der Waals surface area contributed by atoms with Crippen LogP contribution in [-0.4, -0.2) is 28.4 Å². The van der Waals surface area contributed by atoms with Gasteiger partial charge >= 0.3 is 5.97 Å². The summed E-state index contributed by atoms with van der Waals surface area (Å²) in [6.45, 7) is 1.34. The van der Waals surface area contributed by atoms with E-state index in [1.807, 2.05) is 17.0 Å². The number of carboxylic acid groups (broad SMARTS) is 1. The van der Waals surface area contributed by atoms with Crippen LogP contribution < -0.4 is 0 Å². The maximum absolute atomic E-state index is 12.5. The first-order valence-electron chi connectivity index (χ1n) is 7.69. The van der Waals surface area contributed by atoms with Crippen molar-refractivity contribution in [3.8, 4) is 0 Å². The van der Waals surface area contributed by atoms with Gasteiger partial charge in [0.25, 0.3) is 0 Å². The number of amides is 1. The molecule has 1 aromatic rings. The molecule has 4 nitrogen and oxygen atoms in total. The zero-order valence-electron chi connectivity index (χ0n) is 12.2. The van der Waals surface area contributed by atoms with Crippen molar-refractivity contribution in [3.63, 3.8) is 0 Å². The number of benzene rings is 1. The van der Waals surface area contributed by atoms with Crippen molar-refractivity contribution in [3.05, 3.63) is 35.4 Å². The molecule has 1 fully saturated rings. The quantitative estimate of drug-likeness (QED) is 0.929. The van der Waals surface area contributed by atoms with E-state index in [9.17, 15) is 14.7 Å². The Morgan fingerprint density at radius 3 is 2.48 bits per heavy atom. The van der Waals surface area contributed by atoms with Crippen LogP contribution in [0.5, 0.6) is 0 Å². The molecule has 4 heteroatoms. The number of carboxylic acids is 1. The van der Waals surface area contributed by atoms with Crippen molar-refractivity contribution in [1.82, 2.24) is 4.90 Å². The summed E-state index contributed by atoms with van der Waals surface area (Å²) in [6.07, 6.45) is 4.29. The Morgan fingerprint density at radius 2 is 1.86 bits per heavy atom. The highest BCUT2D eigenvalue weighted by molar-refractivity contribution is 5.85.